The van der Waals surface area contributed by atoms with Gasteiger partial charge in [-0.3, -0.25) is 0 Å². The summed E-state index contributed by atoms with van der Waals surface area (Å²) in [7, 11) is 0. The van der Waals surface area contributed by atoms with Crippen LogP contribution in [0.25, 0.3) is 0 Å². The van der Waals surface area contributed by atoms with E-state index in [2.05, 4.69) is 5.32 Å². The fourth-order valence-corrected chi connectivity index (χ4v) is 1.90. The molecule has 0 saturated heterocycles. The molecule has 5 nitrogen and oxygen atoms in total. The number of carbonyl (C=O) groups is 1. The molecule has 0 aliphatic rings. The third-order valence-electron chi connectivity index (χ3n) is 2.92. The number of rotatable bonds is 7. The molecule has 2 rings (SSSR count). The van der Waals surface area contributed by atoms with Crippen LogP contribution in [-0.2, 0) is 0 Å². The molecule has 2 aromatic rings. The van der Waals surface area contributed by atoms with Crippen molar-refractivity contribution in [2.45, 2.75) is 6.10 Å². The number of ether oxygens (including phenoxy) is 1. The summed E-state index contributed by atoms with van der Waals surface area (Å²) in [5, 5.41) is 21.5. The number of aliphatic hydroxyl groups is 1. The average Bonchev–Trinajstić information content (AvgIpc) is 2.54. The Hall–Kier alpha value is -2.24. The number of nitrogens with one attached hydrogen (secondary N) is 1. The summed E-state index contributed by atoms with van der Waals surface area (Å²) in [5.74, 6) is -0.0606. The van der Waals surface area contributed by atoms with Crippen LogP contribution in [0.15, 0.2) is 48.5 Å². The molecule has 0 saturated carbocycles. The van der Waals surface area contributed by atoms with E-state index in [0.29, 0.717) is 12.3 Å². The minimum atomic E-state index is -1.04. The first kappa shape index (κ1) is 16.1. The van der Waals surface area contributed by atoms with Gasteiger partial charge in [0.2, 0.25) is 0 Å². The van der Waals surface area contributed by atoms with Gasteiger partial charge in [0.15, 0.2) is 0 Å². The van der Waals surface area contributed by atoms with E-state index in [0.717, 1.165) is 5.69 Å². The summed E-state index contributed by atoms with van der Waals surface area (Å²) in [6.45, 7) is 0.353. The van der Waals surface area contributed by atoms with Crippen molar-refractivity contribution in [3.8, 4) is 11.5 Å². The maximum absolute atomic E-state index is 11.1. The Morgan fingerprint density at radius 1 is 1.18 bits per heavy atom. The predicted molar refractivity (Wildman–Crippen MR) is 85.1 cm³/mol. The summed E-state index contributed by atoms with van der Waals surface area (Å²) >= 11 is 5.52. The molecule has 0 aliphatic carbocycles. The molecular formula is C16H16ClNO4. The highest BCUT2D eigenvalue weighted by molar-refractivity contribution is 6.18. The van der Waals surface area contributed by atoms with E-state index in [1.807, 2.05) is 0 Å². The summed E-state index contributed by atoms with van der Waals surface area (Å²) in [4.78, 5) is 11.1. The second kappa shape index (κ2) is 7.68. The van der Waals surface area contributed by atoms with E-state index in [1.165, 1.54) is 6.07 Å². The van der Waals surface area contributed by atoms with Crippen LogP contribution in [0.3, 0.4) is 0 Å². The highest BCUT2D eigenvalue weighted by atomic mass is 35.5. The van der Waals surface area contributed by atoms with Gasteiger partial charge in [-0.15, -0.1) is 11.6 Å². The van der Waals surface area contributed by atoms with E-state index in [-0.39, 0.29) is 17.2 Å². The molecule has 3 N–H and O–H groups in total. The number of carboxylic acids is 1. The van der Waals surface area contributed by atoms with E-state index in [9.17, 15) is 9.90 Å². The van der Waals surface area contributed by atoms with Crippen molar-refractivity contribution in [2.24, 2.45) is 0 Å². The van der Waals surface area contributed by atoms with Gasteiger partial charge >= 0.3 is 5.97 Å². The van der Waals surface area contributed by atoms with Gasteiger partial charge < -0.3 is 20.3 Å². The van der Waals surface area contributed by atoms with Crippen molar-refractivity contribution in [3.05, 3.63) is 54.1 Å². The van der Waals surface area contributed by atoms with Gasteiger partial charge in [0.1, 0.15) is 17.1 Å². The van der Waals surface area contributed by atoms with Gasteiger partial charge in [-0.25, -0.2) is 4.79 Å². The van der Waals surface area contributed by atoms with E-state index >= 15 is 0 Å². The molecule has 0 fully saturated rings. The molecular weight excluding hydrogens is 306 g/mol. The minimum absolute atomic E-state index is 0.106. The molecule has 0 aromatic heterocycles. The normalized spacial score (nSPS) is 11.7. The molecule has 1 atom stereocenters. The van der Waals surface area contributed by atoms with Crippen LogP contribution < -0.4 is 10.1 Å². The quantitative estimate of drug-likeness (QED) is 0.683. The third kappa shape index (κ3) is 4.38. The molecule has 0 radical (unpaired) electrons. The smallest absolute Gasteiger partial charge is 0.339 e. The second-order valence-corrected chi connectivity index (χ2v) is 4.93. The van der Waals surface area contributed by atoms with Crippen LogP contribution in [0.2, 0.25) is 0 Å². The van der Waals surface area contributed by atoms with Crippen LogP contribution in [0.4, 0.5) is 5.69 Å². The summed E-state index contributed by atoms with van der Waals surface area (Å²) in [5.41, 5.74) is 0.915. The number of anilines is 1. The van der Waals surface area contributed by atoms with Crippen LogP contribution in [0.5, 0.6) is 11.5 Å². The molecule has 6 heteroatoms. The number of hydrogen-bond acceptors (Lipinski definition) is 4. The van der Waals surface area contributed by atoms with Crippen molar-refractivity contribution < 1.29 is 19.7 Å². The molecule has 22 heavy (non-hydrogen) atoms. The molecule has 0 bridgehead atoms. The number of aliphatic hydroxyl groups excluding tert-OH is 1. The fourth-order valence-electron chi connectivity index (χ4n) is 1.79. The first-order valence-electron chi connectivity index (χ1n) is 6.68. The minimum Gasteiger partial charge on any atom is -0.478 e. The van der Waals surface area contributed by atoms with Crippen molar-refractivity contribution in [1.29, 1.82) is 0 Å². The van der Waals surface area contributed by atoms with Gasteiger partial charge in [0.25, 0.3) is 0 Å². The van der Waals surface area contributed by atoms with Crippen LogP contribution >= 0.6 is 11.6 Å². The highest BCUT2D eigenvalue weighted by Gasteiger charge is 2.10. The Balaban J connectivity index is 2.04. The monoisotopic (exact) mass is 321 g/mol. The number of alkyl halides is 1. The van der Waals surface area contributed by atoms with Gasteiger partial charge in [0, 0.05) is 12.2 Å². The zero-order valence-electron chi connectivity index (χ0n) is 11.7. The molecule has 1 unspecified atom stereocenters. The van der Waals surface area contributed by atoms with Gasteiger partial charge in [-0.05, 0) is 36.4 Å². The van der Waals surface area contributed by atoms with Crippen molar-refractivity contribution in [3.63, 3.8) is 0 Å². The summed E-state index contributed by atoms with van der Waals surface area (Å²) in [6.07, 6.45) is -0.611. The first-order valence-corrected chi connectivity index (χ1v) is 7.21. The standard InChI is InChI=1S/C16H16ClNO4/c17-9-12(19)10-18-11-5-7-13(8-6-11)22-15-4-2-1-3-14(15)16(20)21/h1-8,12,18-19H,9-10H2,(H,20,21). The Bertz CT molecular complexity index is 630. The Kier molecular flexibility index (Phi) is 5.63. The van der Waals surface area contributed by atoms with Crippen LogP contribution in [0, 0.1) is 0 Å². The van der Waals surface area contributed by atoms with E-state index in [1.54, 1.807) is 42.5 Å². The average molecular weight is 322 g/mol. The zero-order chi connectivity index (χ0) is 15.9. The molecule has 0 spiro atoms. The Morgan fingerprint density at radius 3 is 2.50 bits per heavy atom. The SMILES string of the molecule is O=C(O)c1ccccc1Oc1ccc(NCC(O)CCl)cc1. The lowest BCUT2D eigenvalue weighted by Gasteiger charge is -2.11. The maximum atomic E-state index is 11.1. The van der Waals surface area contributed by atoms with Crippen LogP contribution in [-0.4, -0.2) is 34.7 Å². The van der Waals surface area contributed by atoms with Gasteiger partial charge in [-0.1, -0.05) is 12.1 Å². The number of halogens is 1. The lowest BCUT2D eigenvalue weighted by Crippen LogP contribution is -2.20. The molecule has 2 aromatic carbocycles. The third-order valence-corrected chi connectivity index (χ3v) is 3.28. The molecule has 0 heterocycles. The topological polar surface area (TPSA) is 78.8 Å². The first-order chi connectivity index (χ1) is 10.6. The number of para-hydroxylation sites is 1. The van der Waals surface area contributed by atoms with Crippen molar-refractivity contribution >= 4 is 23.3 Å². The zero-order valence-corrected chi connectivity index (χ0v) is 12.5. The van der Waals surface area contributed by atoms with E-state index in [4.69, 9.17) is 21.4 Å². The summed E-state index contributed by atoms with van der Waals surface area (Å²) < 4.78 is 5.59. The second-order valence-electron chi connectivity index (χ2n) is 4.62. The number of aromatic carboxylic acids is 1. The molecule has 0 amide bonds. The maximum Gasteiger partial charge on any atom is 0.339 e. The predicted octanol–water partition coefficient (Wildman–Crippen LogP) is 3.19. The number of benzene rings is 2. The van der Waals surface area contributed by atoms with Crippen molar-refractivity contribution in [1.82, 2.24) is 0 Å². The van der Waals surface area contributed by atoms with Crippen molar-refractivity contribution in [2.75, 3.05) is 17.7 Å². The van der Waals surface area contributed by atoms with E-state index < -0.39 is 12.1 Å². The Labute approximate surface area is 133 Å². The van der Waals surface area contributed by atoms with Gasteiger partial charge in [-0.2, -0.15) is 0 Å². The van der Waals surface area contributed by atoms with Crippen LogP contribution in [0.1, 0.15) is 10.4 Å². The summed E-state index contributed by atoms with van der Waals surface area (Å²) in [6, 6.07) is 13.4. The Morgan fingerprint density at radius 2 is 1.86 bits per heavy atom. The van der Waals surface area contributed by atoms with Gasteiger partial charge in [0.05, 0.1) is 12.0 Å². The lowest BCUT2D eigenvalue weighted by atomic mass is 10.2. The molecule has 116 valence electrons. The fraction of sp³-hybridized carbons (Fsp3) is 0.188. The molecule has 0 aliphatic heterocycles. The lowest BCUT2D eigenvalue weighted by molar-refractivity contribution is 0.0694. The highest BCUT2D eigenvalue weighted by Crippen LogP contribution is 2.26. The number of carboxylic acid groups (broad SMARTS) is 1. The largest absolute Gasteiger partial charge is 0.478 e. The number of hydrogen-bond donors (Lipinski definition) is 3.